The van der Waals surface area contributed by atoms with Crippen LogP contribution < -0.4 is 9.64 Å². The van der Waals surface area contributed by atoms with E-state index >= 15 is 0 Å². The van der Waals surface area contributed by atoms with Crippen LogP contribution in [-0.2, 0) is 24.4 Å². The molecule has 10 nitrogen and oxygen atoms in total. The minimum absolute atomic E-state index is 0.0150. The van der Waals surface area contributed by atoms with Crippen LogP contribution >= 0.6 is 0 Å². The molecule has 0 bridgehead atoms. The fourth-order valence-electron chi connectivity index (χ4n) is 7.11. The summed E-state index contributed by atoms with van der Waals surface area (Å²) in [5, 5.41) is 2.21. The van der Waals surface area contributed by atoms with Crippen LogP contribution in [0.25, 0.3) is 0 Å². The Bertz CT molecular complexity index is 1530. The van der Waals surface area contributed by atoms with Crippen LogP contribution in [0.3, 0.4) is 0 Å². The molecule has 2 amide bonds. The molecule has 3 aromatic carbocycles. The van der Waals surface area contributed by atoms with Crippen LogP contribution in [0.5, 0.6) is 5.75 Å². The third kappa shape index (κ3) is 6.93. The Labute approximate surface area is 283 Å². The number of hydrazine groups is 1. The number of para-hydroxylation sites is 1. The van der Waals surface area contributed by atoms with Gasteiger partial charge in [0.1, 0.15) is 11.9 Å². The summed E-state index contributed by atoms with van der Waals surface area (Å²) in [5.74, 6) is 0.303. The third-order valence-corrected chi connectivity index (χ3v) is 9.58. The van der Waals surface area contributed by atoms with Crippen molar-refractivity contribution in [2.75, 3.05) is 25.2 Å². The number of ether oxygens (including phenoxy) is 4. The van der Waals surface area contributed by atoms with Gasteiger partial charge in [-0.15, -0.1) is 0 Å². The van der Waals surface area contributed by atoms with Crippen molar-refractivity contribution in [1.29, 1.82) is 0 Å². The predicted molar refractivity (Wildman–Crippen MR) is 182 cm³/mol. The number of hydrogen-bond acceptors (Lipinski definition) is 8. The first-order valence-electron chi connectivity index (χ1n) is 16.8. The van der Waals surface area contributed by atoms with E-state index in [-0.39, 0.29) is 24.5 Å². The first-order valence-corrected chi connectivity index (χ1v) is 16.8. The maximum atomic E-state index is 14.8. The van der Waals surface area contributed by atoms with Gasteiger partial charge in [0.05, 0.1) is 20.3 Å². The highest BCUT2D eigenvalue weighted by Crippen LogP contribution is 2.46. The first kappa shape index (κ1) is 34.6. The Hall–Kier alpha value is -4.73. The molecule has 1 aliphatic heterocycles. The van der Waals surface area contributed by atoms with E-state index in [2.05, 4.69) is 32.9 Å². The van der Waals surface area contributed by atoms with Crippen molar-refractivity contribution in [2.24, 2.45) is 11.8 Å². The largest absolute Gasteiger partial charge is 0.497 e. The molecule has 1 saturated heterocycles. The van der Waals surface area contributed by atoms with Gasteiger partial charge in [-0.1, -0.05) is 87.9 Å². The number of hydrogen-bond donors (Lipinski definition) is 0. The van der Waals surface area contributed by atoms with Gasteiger partial charge < -0.3 is 23.8 Å². The Balaban J connectivity index is 1.63. The molecule has 1 aliphatic carbocycles. The van der Waals surface area contributed by atoms with Crippen LogP contribution in [0.1, 0.15) is 71.2 Å². The second-order valence-electron chi connectivity index (χ2n) is 12.9. The third-order valence-electron chi connectivity index (χ3n) is 9.58. The van der Waals surface area contributed by atoms with Crippen LogP contribution in [0.15, 0.2) is 84.9 Å². The Morgan fingerprint density at radius 2 is 1.38 bits per heavy atom. The van der Waals surface area contributed by atoms with Gasteiger partial charge in [-0.25, -0.2) is 14.4 Å². The van der Waals surface area contributed by atoms with Crippen LogP contribution in [0.4, 0.5) is 15.3 Å². The minimum Gasteiger partial charge on any atom is -0.497 e. The highest BCUT2D eigenvalue weighted by molar-refractivity contribution is 5.88. The van der Waals surface area contributed by atoms with Crippen molar-refractivity contribution in [3.8, 4) is 5.75 Å². The zero-order valence-electron chi connectivity index (χ0n) is 28.7. The summed E-state index contributed by atoms with van der Waals surface area (Å²) in [6, 6.07) is 26.6. The molecule has 0 N–H and O–H groups in total. The van der Waals surface area contributed by atoms with Crippen molar-refractivity contribution < 1.29 is 33.3 Å². The fraction of sp³-hybridized carbons (Fsp3) is 0.447. The van der Waals surface area contributed by atoms with Gasteiger partial charge >= 0.3 is 18.2 Å². The number of anilines is 1. The minimum atomic E-state index is -1.39. The molecule has 2 aliphatic rings. The lowest BCUT2D eigenvalue weighted by atomic mass is 9.64. The molecule has 5 rings (SSSR count). The van der Waals surface area contributed by atoms with Crippen molar-refractivity contribution in [3.63, 3.8) is 0 Å². The monoisotopic (exact) mass is 657 g/mol. The van der Waals surface area contributed by atoms with Crippen LogP contribution in [0.2, 0.25) is 0 Å². The summed E-state index contributed by atoms with van der Waals surface area (Å²) >= 11 is 0. The van der Waals surface area contributed by atoms with E-state index in [1.807, 2.05) is 48.5 Å². The Morgan fingerprint density at radius 3 is 1.96 bits per heavy atom. The number of esters is 1. The van der Waals surface area contributed by atoms with E-state index in [1.54, 1.807) is 50.1 Å². The number of rotatable bonds is 9. The summed E-state index contributed by atoms with van der Waals surface area (Å²) in [4.78, 5) is 44.3. The molecule has 0 radical (unpaired) electrons. The number of methoxy groups -OCH3 is 1. The lowest BCUT2D eigenvalue weighted by molar-refractivity contribution is -0.164. The molecule has 2 fully saturated rings. The van der Waals surface area contributed by atoms with E-state index in [0.29, 0.717) is 29.3 Å². The molecule has 48 heavy (non-hydrogen) atoms. The molecule has 5 atom stereocenters. The van der Waals surface area contributed by atoms with Gasteiger partial charge in [0, 0.05) is 11.6 Å². The number of carbonyl (C=O) groups excluding carboxylic acids is 3. The SMILES string of the molecule is CCOC(=O)N1C(C(=O)O[C@@H]2C[C@H](C)CC[C@H]2C(C)(C)c2ccccc2)N(c2ccccc2)C(c2ccc(OC)cc2)N1C(=O)OCC. The molecule has 1 saturated carbocycles. The smallest absolute Gasteiger partial charge is 0.431 e. The standard InChI is InChI=1S/C38H47N3O7/c1-7-46-36(43)40-33(27-20-22-30(45-6)23-21-27)39(29-17-13-10-14-18-29)34(41(40)37(44)47-8-2)35(42)48-32-25-26(3)19-24-31(32)38(4,5)28-15-11-9-12-16-28/h9-18,20-23,26,31-34H,7-8,19,24-25H2,1-6H3/t26-,31-,32-,33?,34?/m1/s1. The van der Waals surface area contributed by atoms with Gasteiger partial charge in [0.2, 0.25) is 6.17 Å². The average molecular weight is 658 g/mol. The lowest BCUT2D eigenvalue weighted by Crippen LogP contribution is -2.54. The quantitative estimate of drug-likeness (QED) is 0.171. The highest BCUT2D eigenvalue weighted by Gasteiger charge is 2.57. The van der Waals surface area contributed by atoms with Crippen molar-refractivity contribution in [1.82, 2.24) is 10.0 Å². The van der Waals surface area contributed by atoms with Gasteiger partial charge in [0.25, 0.3) is 0 Å². The Morgan fingerprint density at radius 1 is 0.792 bits per heavy atom. The number of nitrogens with zero attached hydrogens (tertiary/aromatic N) is 3. The molecule has 10 heteroatoms. The Kier molecular flexibility index (Phi) is 10.8. The van der Waals surface area contributed by atoms with Gasteiger partial charge in [0.15, 0.2) is 6.17 Å². The second-order valence-corrected chi connectivity index (χ2v) is 12.9. The molecule has 1 heterocycles. The highest BCUT2D eigenvalue weighted by atomic mass is 16.6. The predicted octanol–water partition coefficient (Wildman–Crippen LogP) is 7.70. The maximum absolute atomic E-state index is 14.8. The zero-order valence-corrected chi connectivity index (χ0v) is 28.7. The van der Waals surface area contributed by atoms with E-state index in [1.165, 1.54) is 5.56 Å². The van der Waals surface area contributed by atoms with E-state index in [9.17, 15) is 14.4 Å². The first-order chi connectivity index (χ1) is 23.1. The van der Waals surface area contributed by atoms with E-state index in [4.69, 9.17) is 18.9 Å². The van der Waals surface area contributed by atoms with Crippen LogP contribution in [0, 0.1) is 11.8 Å². The van der Waals surface area contributed by atoms with Crippen molar-refractivity contribution in [3.05, 3.63) is 96.1 Å². The molecule has 3 aromatic rings. The molecule has 256 valence electrons. The summed E-state index contributed by atoms with van der Waals surface area (Å²) in [6.07, 6.45) is -1.91. The summed E-state index contributed by atoms with van der Waals surface area (Å²) in [5.41, 5.74) is 2.08. The topological polar surface area (TPSA) is 97.9 Å². The van der Waals surface area contributed by atoms with E-state index in [0.717, 1.165) is 22.9 Å². The maximum Gasteiger partial charge on any atom is 0.431 e. The van der Waals surface area contributed by atoms with Gasteiger partial charge in [-0.3, -0.25) is 0 Å². The molecule has 2 unspecified atom stereocenters. The zero-order chi connectivity index (χ0) is 34.4. The van der Waals surface area contributed by atoms with Gasteiger partial charge in [-0.05, 0) is 73.4 Å². The lowest BCUT2D eigenvalue weighted by Gasteiger charge is -2.44. The number of amides is 2. The second kappa shape index (κ2) is 15.0. The van der Waals surface area contributed by atoms with Gasteiger partial charge in [-0.2, -0.15) is 10.0 Å². The molecular weight excluding hydrogens is 610 g/mol. The van der Waals surface area contributed by atoms with Crippen molar-refractivity contribution in [2.45, 2.75) is 77.7 Å². The fourth-order valence-corrected chi connectivity index (χ4v) is 7.11. The van der Waals surface area contributed by atoms with Crippen LogP contribution in [-0.4, -0.2) is 60.8 Å². The molecule has 0 spiro atoms. The average Bonchev–Trinajstić information content (AvgIpc) is 3.46. The summed E-state index contributed by atoms with van der Waals surface area (Å²) in [6.45, 7) is 10.0. The molecular formula is C38H47N3O7. The summed E-state index contributed by atoms with van der Waals surface area (Å²) < 4.78 is 22.9. The molecule has 0 aromatic heterocycles. The normalized spacial score (nSPS) is 22.6. The van der Waals surface area contributed by atoms with E-state index < -0.39 is 36.6 Å². The number of carbonyl (C=O) groups is 3. The van der Waals surface area contributed by atoms with Crippen molar-refractivity contribution >= 4 is 23.8 Å². The summed E-state index contributed by atoms with van der Waals surface area (Å²) in [7, 11) is 1.57. The number of benzene rings is 3.